The fourth-order valence-corrected chi connectivity index (χ4v) is 2.16. The van der Waals surface area contributed by atoms with Crippen molar-refractivity contribution in [3.05, 3.63) is 0 Å². The van der Waals surface area contributed by atoms with Crippen LogP contribution in [0.2, 0.25) is 0 Å². The number of hydrogen-bond acceptors (Lipinski definition) is 3. The van der Waals surface area contributed by atoms with Gasteiger partial charge in [0.2, 0.25) is 0 Å². The Balaban J connectivity index is 2.37. The molecule has 1 saturated carbocycles. The van der Waals surface area contributed by atoms with Crippen molar-refractivity contribution < 1.29 is 10.2 Å². The van der Waals surface area contributed by atoms with Crippen LogP contribution in [0.4, 0.5) is 0 Å². The van der Waals surface area contributed by atoms with Gasteiger partial charge in [-0.1, -0.05) is 13.8 Å². The van der Waals surface area contributed by atoms with E-state index in [-0.39, 0.29) is 18.8 Å². The topological polar surface area (TPSA) is 52.5 Å². The molecule has 1 aliphatic rings. The fraction of sp³-hybridized carbons (Fsp3) is 1.00. The van der Waals surface area contributed by atoms with Gasteiger partial charge in [-0.15, -0.1) is 0 Å². The molecule has 3 heteroatoms. The molecule has 0 aromatic heterocycles. The normalized spacial score (nSPS) is 29.8. The third-order valence-electron chi connectivity index (χ3n) is 3.15. The summed E-state index contributed by atoms with van der Waals surface area (Å²) in [6.07, 6.45) is 3.69. The molecule has 0 amide bonds. The lowest BCUT2D eigenvalue weighted by Gasteiger charge is -2.27. The predicted molar refractivity (Wildman–Crippen MR) is 57.1 cm³/mol. The first-order valence-corrected chi connectivity index (χ1v) is 5.70. The zero-order chi connectivity index (χ0) is 10.6. The third-order valence-corrected chi connectivity index (χ3v) is 3.15. The van der Waals surface area contributed by atoms with E-state index in [1.54, 1.807) is 0 Å². The summed E-state index contributed by atoms with van der Waals surface area (Å²) in [5.41, 5.74) is 0. The second-order valence-corrected chi connectivity index (χ2v) is 4.63. The van der Waals surface area contributed by atoms with E-state index in [1.807, 2.05) is 0 Å². The first kappa shape index (κ1) is 12.0. The van der Waals surface area contributed by atoms with Crippen LogP contribution >= 0.6 is 0 Å². The fourth-order valence-electron chi connectivity index (χ4n) is 2.16. The van der Waals surface area contributed by atoms with Crippen LogP contribution in [0.1, 0.15) is 39.5 Å². The summed E-state index contributed by atoms with van der Waals surface area (Å²) in [6.45, 7) is 4.52. The molecule has 3 atom stereocenters. The van der Waals surface area contributed by atoms with Crippen LogP contribution in [0.15, 0.2) is 0 Å². The van der Waals surface area contributed by atoms with Crippen molar-refractivity contribution in [2.45, 2.75) is 57.7 Å². The molecule has 0 saturated heterocycles. The van der Waals surface area contributed by atoms with E-state index in [2.05, 4.69) is 19.2 Å². The Morgan fingerprint density at radius 2 is 2.07 bits per heavy atom. The second-order valence-electron chi connectivity index (χ2n) is 4.63. The Bertz CT molecular complexity index is 161. The molecule has 1 unspecified atom stereocenters. The number of aliphatic hydroxyl groups excluding tert-OH is 2. The highest BCUT2D eigenvalue weighted by Gasteiger charge is 2.27. The van der Waals surface area contributed by atoms with Crippen LogP contribution in [0.3, 0.4) is 0 Å². The molecular formula is C11H23NO2. The van der Waals surface area contributed by atoms with Crippen LogP contribution < -0.4 is 5.32 Å². The van der Waals surface area contributed by atoms with E-state index in [9.17, 15) is 5.11 Å². The molecule has 0 bridgehead atoms. The van der Waals surface area contributed by atoms with E-state index in [0.29, 0.717) is 12.0 Å². The van der Waals surface area contributed by atoms with Gasteiger partial charge in [0.15, 0.2) is 0 Å². The zero-order valence-corrected chi connectivity index (χ0v) is 9.24. The quantitative estimate of drug-likeness (QED) is 0.619. The van der Waals surface area contributed by atoms with Gasteiger partial charge in [0.25, 0.3) is 0 Å². The SMILES string of the molecule is CC(C)C(CCO)N[C@H]1CCC[C@@H]1O. The van der Waals surface area contributed by atoms with Crippen molar-refractivity contribution in [3.63, 3.8) is 0 Å². The molecule has 1 fully saturated rings. The Morgan fingerprint density at radius 1 is 1.36 bits per heavy atom. The van der Waals surface area contributed by atoms with Gasteiger partial charge in [0.1, 0.15) is 0 Å². The first-order chi connectivity index (χ1) is 6.65. The molecule has 84 valence electrons. The van der Waals surface area contributed by atoms with Crippen molar-refractivity contribution in [2.75, 3.05) is 6.61 Å². The van der Waals surface area contributed by atoms with Gasteiger partial charge in [0.05, 0.1) is 6.10 Å². The summed E-state index contributed by atoms with van der Waals surface area (Å²) < 4.78 is 0. The second kappa shape index (κ2) is 5.69. The summed E-state index contributed by atoms with van der Waals surface area (Å²) in [5, 5.41) is 22.0. The van der Waals surface area contributed by atoms with Crippen molar-refractivity contribution in [2.24, 2.45) is 5.92 Å². The lowest BCUT2D eigenvalue weighted by Crippen LogP contribution is -2.45. The van der Waals surface area contributed by atoms with Crippen LogP contribution in [-0.2, 0) is 0 Å². The van der Waals surface area contributed by atoms with E-state index < -0.39 is 0 Å². The standard InChI is InChI=1S/C11H23NO2/c1-8(2)9(6-7-13)12-10-4-3-5-11(10)14/h8-14H,3-7H2,1-2H3/t9?,10-,11-/m0/s1. The molecule has 0 spiro atoms. The molecule has 0 aromatic rings. The first-order valence-electron chi connectivity index (χ1n) is 5.70. The van der Waals surface area contributed by atoms with Crippen molar-refractivity contribution in [3.8, 4) is 0 Å². The summed E-state index contributed by atoms with van der Waals surface area (Å²) in [6, 6.07) is 0.576. The predicted octanol–water partition coefficient (Wildman–Crippen LogP) is 0.896. The van der Waals surface area contributed by atoms with E-state index in [4.69, 9.17) is 5.11 Å². The summed E-state index contributed by atoms with van der Waals surface area (Å²) in [7, 11) is 0. The van der Waals surface area contributed by atoms with Gasteiger partial charge in [0, 0.05) is 18.7 Å². The van der Waals surface area contributed by atoms with E-state index in [1.165, 1.54) is 0 Å². The highest BCUT2D eigenvalue weighted by molar-refractivity contribution is 4.86. The number of rotatable bonds is 5. The molecule has 1 aliphatic carbocycles. The van der Waals surface area contributed by atoms with Crippen LogP contribution in [0.5, 0.6) is 0 Å². The molecule has 0 aliphatic heterocycles. The smallest absolute Gasteiger partial charge is 0.0693 e. The molecule has 0 heterocycles. The Morgan fingerprint density at radius 3 is 2.50 bits per heavy atom. The average molecular weight is 201 g/mol. The minimum Gasteiger partial charge on any atom is -0.396 e. The van der Waals surface area contributed by atoms with Gasteiger partial charge < -0.3 is 15.5 Å². The van der Waals surface area contributed by atoms with Gasteiger partial charge in [-0.05, 0) is 31.6 Å². The maximum atomic E-state index is 9.66. The third kappa shape index (κ3) is 3.23. The molecule has 0 radical (unpaired) electrons. The van der Waals surface area contributed by atoms with Gasteiger partial charge >= 0.3 is 0 Å². The number of nitrogens with one attached hydrogen (secondary N) is 1. The van der Waals surface area contributed by atoms with Crippen molar-refractivity contribution in [1.82, 2.24) is 5.32 Å². The maximum Gasteiger partial charge on any atom is 0.0693 e. The lowest BCUT2D eigenvalue weighted by atomic mass is 9.99. The average Bonchev–Trinajstić information content (AvgIpc) is 2.51. The van der Waals surface area contributed by atoms with E-state index >= 15 is 0 Å². The summed E-state index contributed by atoms with van der Waals surface area (Å²) in [5.74, 6) is 0.509. The summed E-state index contributed by atoms with van der Waals surface area (Å²) >= 11 is 0. The summed E-state index contributed by atoms with van der Waals surface area (Å²) in [4.78, 5) is 0. The molecule has 14 heavy (non-hydrogen) atoms. The van der Waals surface area contributed by atoms with E-state index in [0.717, 1.165) is 25.7 Å². The van der Waals surface area contributed by atoms with Crippen LogP contribution in [0.25, 0.3) is 0 Å². The Hall–Kier alpha value is -0.120. The molecule has 3 nitrogen and oxygen atoms in total. The van der Waals surface area contributed by atoms with Gasteiger partial charge in [-0.25, -0.2) is 0 Å². The number of hydrogen-bond donors (Lipinski definition) is 3. The molecule has 0 aromatic carbocycles. The minimum absolute atomic E-state index is 0.185. The van der Waals surface area contributed by atoms with Gasteiger partial charge in [-0.3, -0.25) is 0 Å². The van der Waals surface area contributed by atoms with Crippen molar-refractivity contribution in [1.29, 1.82) is 0 Å². The largest absolute Gasteiger partial charge is 0.396 e. The lowest BCUT2D eigenvalue weighted by molar-refractivity contribution is 0.132. The van der Waals surface area contributed by atoms with Crippen LogP contribution in [-0.4, -0.2) is 35.0 Å². The minimum atomic E-state index is -0.185. The molecule has 3 N–H and O–H groups in total. The zero-order valence-electron chi connectivity index (χ0n) is 9.24. The highest BCUT2D eigenvalue weighted by Crippen LogP contribution is 2.20. The Kier molecular flexibility index (Phi) is 4.85. The number of aliphatic hydroxyl groups is 2. The van der Waals surface area contributed by atoms with Crippen molar-refractivity contribution >= 4 is 0 Å². The Labute approximate surface area is 86.5 Å². The van der Waals surface area contributed by atoms with Crippen LogP contribution in [0, 0.1) is 5.92 Å². The maximum absolute atomic E-state index is 9.66. The van der Waals surface area contributed by atoms with Gasteiger partial charge in [-0.2, -0.15) is 0 Å². The molecule has 1 rings (SSSR count). The highest BCUT2D eigenvalue weighted by atomic mass is 16.3. The monoisotopic (exact) mass is 201 g/mol. The molecular weight excluding hydrogens is 178 g/mol.